The van der Waals surface area contributed by atoms with E-state index in [4.69, 9.17) is 14.2 Å². The summed E-state index contributed by atoms with van der Waals surface area (Å²) in [5.74, 6) is 0.0872. The summed E-state index contributed by atoms with van der Waals surface area (Å²) in [6.07, 6.45) is -6.64. The maximum Gasteiger partial charge on any atom is 0.187 e. The topological polar surface area (TPSA) is 129 Å². The number of hydrogen-bond acceptors (Lipinski definition) is 8. The predicted molar refractivity (Wildman–Crippen MR) is 80.9 cm³/mol. The Bertz CT molecular complexity index is 469. The maximum atomic E-state index is 10.4. The van der Waals surface area contributed by atoms with Gasteiger partial charge in [-0.15, -0.1) is 0 Å². The molecule has 0 amide bonds. The molecule has 8 nitrogen and oxygen atoms in total. The van der Waals surface area contributed by atoms with Crippen molar-refractivity contribution in [3.63, 3.8) is 0 Å². The lowest BCUT2D eigenvalue weighted by Crippen LogP contribution is -2.70. The highest BCUT2D eigenvalue weighted by Crippen LogP contribution is 2.51. The van der Waals surface area contributed by atoms with Crippen LogP contribution in [0.15, 0.2) is 0 Å². The van der Waals surface area contributed by atoms with Crippen molar-refractivity contribution in [2.75, 3.05) is 6.61 Å². The molecule has 9 atom stereocenters. The van der Waals surface area contributed by atoms with Gasteiger partial charge in [0.05, 0.1) is 24.4 Å². The molecular weight excluding hydrogens is 320 g/mol. The number of hydrogen-bond donors (Lipinski definition) is 5. The fourth-order valence-corrected chi connectivity index (χ4v) is 4.19. The number of fused-ring (bicyclic) bond motifs is 3. The van der Waals surface area contributed by atoms with Crippen LogP contribution in [0, 0.1) is 5.92 Å². The monoisotopic (exact) mass is 348 g/mol. The smallest absolute Gasteiger partial charge is 0.187 e. The maximum absolute atomic E-state index is 10.4. The summed E-state index contributed by atoms with van der Waals surface area (Å²) in [6, 6.07) is 0. The van der Waals surface area contributed by atoms with E-state index in [-0.39, 0.29) is 11.5 Å². The molecule has 0 aromatic rings. The molecule has 1 aliphatic carbocycles. The average molecular weight is 348 g/mol. The standard InChI is InChI=1S/C16H28O8/c1-15(2)7-4-9(18)16(3,24-15)10(5-7)23-14-13(21)12(20)11(19)8(6-17)22-14/h7-14,17-21H,4-6H2,1-3H3/t7-,8+,9+,10-,11-,12-,13+,14+,16+/m1/s1. The fourth-order valence-electron chi connectivity index (χ4n) is 4.19. The van der Waals surface area contributed by atoms with E-state index in [1.807, 2.05) is 13.8 Å². The molecular formula is C16H28O8. The van der Waals surface area contributed by atoms with E-state index < -0.39 is 55.1 Å². The number of ether oxygens (including phenoxy) is 3. The van der Waals surface area contributed by atoms with Gasteiger partial charge in [-0.2, -0.15) is 0 Å². The normalized spacial score (nSPS) is 54.0. The SMILES string of the molecule is CC1(C)O[C@@]2(C)[C@@H](O)C[C@@H]1C[C@H]2O[C@@H]1O[C@@H](CO)[C@@H](O)[C@@H](O)[C@@H]1O. The van der Waals surface area contributed by atoms with Crippen LogP contribution in [0.3, 0.4) is 0 Å². The average Bonchev–Trinajstić information content (AvgIpc) is 2.50. The van der Waals surface area contributed by atoms with Crippen molar-refractivity contribution >= 4 is 0 Å². The van der Waals surface area contributed by atoms with Crippen molar-refractivity contribution < 1.29 is 39.7 Å². The van der Waals surface area contributed by atoms with Gasteiger partial charge in [-0.05, 0) is 39.5 Å². The highest BCUT2D eigenvalue weighted by atomic mass is 16.7. The molecule has 140 valence electrons. The van der Waals surface area contributed by atoms with Crippen LogP contribution in [0.4, 0.5) is 0 Å². The summed E-state index contributed by atoms with van der Waals surface area (Å²) < 4.78 is 17.3. The van der Waals surface area contributed by atoms with E-state index in [0.717, 1.165) is 0 Å². The fraction of sp³-hybridized carbons (Fsp3) is 1.00. The molecule has 0 unspecified atom stereocenters. The molecule has 0 radical (unpaired) electrons. The highest BCUT2D eigenvalue weighted by Gasteiger charge is 2.60. The molecule has 0 aromatic heterocycles. The summed E-state index contributed by atoms with van der Waals surface area (Å²) in [5, 5.41) is 49.5. The van der Waals surface area contributed by atoms with Gasteiger partial charge in [-0.3, -0.25) is 0 Å². The van der Waals surface area contributed by atoms with Crippen LogP contribution in [0.5, 0.6) is 0 Å². The Hall–Kier alpha value is -0.320. The van der Waals surface area contributed by atoms with Gasteiger partial charge in [0.2, 0.25) is 0 Å². The lowest BCUT2D eigenvalue weighted by molar-refractivity contribution is -0.368. The first kappa shape index (κ1) is 18.5. The molecule has 8 heteroatoms. The van der Waals surface area contributed by atoms with Crippen LogP contribution in [-0.4, -0.2) is 86.3 Å². The first-order valence-electron chi connectivity index (χ1n) is 8.44. The molecule has 4 rings (SSSR count). The van der Waals surface area contributed by atoms with E-state index in [1.165, 1.54) is 0 Å². The summed E-state index contributed by atoms with van der Waals surface area (Å²) in [7, 11) is 0. The minimum atomic E-state index is -1.49. The first-order valence-corrected chi connectivity index (χ1v) is 8.44. The van der Waals surface area contributed by atoms with Crippen LogP contribution >= 0.6 is 0 Å². The molecule has 4 fully saturated rings. The Morgan fingerprint density at radius 1 is 1.00 bits per heavy atom. The predicted octanol–water partition coefficient (Wildman–Crippen LogP) is -1.49. The quantitative estimate of drug-likeness (QED) is 0.417. The summed E-state index contributed by atoms with van der Waals surface area (Å²) in [4.78, 5) is 0. The summed E-state index contributed by atoms with van der Waals surface area (Å²) in [6.45, 7) is 5.21. The Balaban J connectivity index is 1.76. The molecule has 2 bridgehead atoms. The van der Waals surface area contributed by atoms with Crippen molar-refractivity contribution in [2.24, 2.45) is 5.92 Å². The van der Waals surface area contributed by atoms with E-state index >= 15 is 0 Å². The van der Waals surface area contributed by atoms with E-state index in [2.05, 4.69) is 0 Å². The van der Waals surface area contributed by atoms with Crippen molar-refractivity contribution in [3.8, 4) is 0 Å². The van der Waals surface area contributed by atoms with Crippen LogP contribution in [-0.2, 0) is 14.2 Å². The Kier molecular flexibility index (Phi) is 4.72. The van der Waals surface area contributed by atoms with Gasteiger partial charge >= 0.3 is 0 Å². The third-order valence-electron chi connectivity index (χ3n) is 5.92. The second-order valence-corrected chi connectivity index (χ2v) is 7.90. The minimum absolute atomic E-state index is 0.0872. The van der Waals surface area contributed by atoms with E-state index in [1.54, 1.807) is 6.92 Å². The summed E-state index contributed by atoms with van der Waals surface area (Å²) >= 11 is 0. The molecule has 1 saturated carbocycles. The van der Waals surface area contributed by atoms with Crippen LogP contribution < -0.4 is 0 Å². The lowest BCUT2D eigenvalue weighted by atomic mass is 9.65. The third-order valence-corrected chi connectivity index (χ3v) is 5.92. The second-order valence-electron chi connectivity index (χ2n) is 7.90. The molecule has 3 saturated heterocycles. The largest absolute Gasteiger partial charge is 0.394 e. The van der Waals surface area contributed by atoms with Gasteiger partial charge in [0.1, 0.15) is 30.0 Å². The highest BCUT2D eigenvalue weighted by molar-refractivity contribution is 5.08. The zero-order chi connectivity index (χ0) is 17.9. The van der Waals surface area contributed by atoms with Crippen LogP contribution in [0.2, 0.25) is 0 Å². The zero-order valence-electron chi connectivity index (χ0n) is 14.2. The Morgan fingerprint density at radius 2 is 1.67 bits per heavy atom. The molecule has 4 aliphatic rings. The van der Waals surface area contributed by atoms with Crippen molar-refractivity contribution in [2.45, 2.75) is 87.7 Å². The van der Waals surface area contributed by atoms with Gasteiger partial charge in [0.25, 0.3) is 0 Å². The van der Waals surface area contributed by atoms with Gasteiger partial charge in [-0.25, -0.2) is 0 Å². The molecule has 0 spiro atoms. The van der Waals surface area contributed by atoms with Gasteiger partial charge in [0.15, 0.2) is 6.29 Å². The summed E-state index contributed by atoms with van der Waals surface area (Å²) in [5.41, 5.74) is -1.35. The van der Waals surface area contributed by atoms with E-state index in [9.17, 15) is 25.5 Å². The van der Waals surface area contributed by atoms with Gasteiger partial charge in [-0.1, -0.05) is 0 Å². The molecule has 3 aliphatic heterocycles. The number of aliphatic hydroxyl groups is 5. The minimum Gasteiger partial charge on any atom is -0.394 e. The molecule has 5 N–H and O–H groups in total. The second kappa shape index (κ2) is 6.14. The molecule has 3 heterocycles. The van der Waals surface area contributed by atoms with Crippen LogP contribution in [0.1, 0.15) is 33.6 Å². The first-order chi connectivity index (χ1) is 11.1. The van der Waals surface area contributed by atoms with Gasteiger partial charge in [0, 0.05) is 0 Å². The van der Waals surface area contributed by atoms with Crippen LogP contribution in [0.25, 0.3) is 0 Å². The van der Waals surface area contributed by atoms with Crippen molar-refractivity contribution in [3.05, 3.63) is 0 Å². The Morgan fingerprint density at radius 3 is 2.29 bits per heavy atom. The molecule has 0 aromatic carbocycles. The lowest BCUT2D eigenvalue weighted by Gasteiger charge is -2.60. The van der Waals surface area contributed by atoms with Crippen molar-refractivity contribution in [1.29, 1.82) is 0 Å². The van der Waals surface area contributed by atoms with Crippen molar-refractivity contribution in [1.82, 2.24) is 0 Å². The third kappa shape index (κ3) is 2.79. The molecule has 24 heavy (non-hydrogen) atoms. The van der Waals surface area contributed by atoms with Gasteiger partial charge < -0.3 is 39.7 Å². The van der Waals surface area contributed by atoms with E-state index in [0.29, 0.717) is 12.8 Å². The Labute approximate surface area is 141 Å². The number of aliphatic hydroxyl groups excluding tert-OH is 5. The number of rotatable bonds is 3. The zero-order valence-corrected chi connectivity index (χ0v) is 14.2.